The van der Waals surface area contributed by atoms with Gasteiger partial charge >= 0.3 is 53.9 Å². The molecule has 18 heteroatoms. The molecule has 0 atom stereocenters. The van der Waals surface area contributed by atoms with E-state index in [4.69, 9.17) is 0 Å². The number of hydrogen-bond donors (Lipinski definition) is 0. The summed E-state index contributed by atoms with van der Waals surface area (Å²) in [5.41, 5.74) is 0.0797. The van der Waals surface area contributed by atoms with Crippen LogP contribution >= 0.6 is 0 Å². The van der Waals surface area contributed by atoms with Gasteiger partial charge in [-0.1, -0.05) is 44.7 Å². The highest BCUT2D eigenvalue weighted by Gasteiger charge is 2.93. The summed E-state index contributed by atoms with van der Waals surface area (Å²) in [4.78, 5) is 12.1. The van der Waals surface area contributed by atoms with E-state index in [0.717, 1.165) is 63.5 Å². The monoisotopic (exact) mass is 688 g/mol. The van der Waals surface area contributed by atoms with Crippen molar-refractivity contribution in [2.24, 2.45) is 5.92 Å². The fourth-order valence-electron chi connectivity index (χ4n) is 4.86. The summed E-state index contributed by atoms with van der Waals surface area (Å²) >= 11 is 0. The number of hydrogen-bond acceptors (Lipinski definition) is 2. The van der Waals surface area contributed by atoms with E-state index in [1.165, 1.54) is 12.1 Å². The number of alkyl halides is 16. The van der Waals surface area contributed by atoms with Gasteiger partial charge in [-0.3, -0.25) is 0 Å². The van der Waals surface area contributed by atoms with Crippen molar-refractivity contribution in [3.05, 3.63) is 35.4 Å². The largest absolute Gasteiger partial charge is 0.455 e. The first-order chi connectivity index (χ1) is 20.3. The van der Waals surface area contributed by atoms with Gasteiger partial charge < -0.3 is 4.74 Å². The fraction of sp³-hybridized carbons (Fsp3) is 0.741. The molecule has 2 nitrogen and oxygen atoms in total. The molecule has 0 aliphatic heterocycles. The molecule has 1 aliphatic carbocycles. The summed E-state index contributed by atoms with van der Waals surface area (Å²) in [5.74, 6) is -56.8. The van der Waals surface area contributed by atoms with Crippen LogP contribution in [-0.4, -0.2) is 60.5 Å². The van der Waals surface area contributed by atoms with Crippen LogP contribution in [0.25, 0.3) is 0 Å². The third-order valence-corrected chi connectivity index (χ3v) is 7.79. The van der Waals surface area contributed by atoms with E-state index in [1.807, 2.05) is 0 Å². The average Bonchev–Trinajstić information content (AvgIpc) is 2.95. The Balaban J connectivity index is 2.15. The Morgan fingerprint density at radius 1 is 0.711 bits per heavy atom. The first-order valence-electron chi connectivity index (χ1n) is 13.5. The van der Waals surface area contributed by atoms with Gasteiger partial charge in [0.1, 0.15) is 0 Å². The minimum atomic E-state index is -8.50. The second-order valence-electron chi connectivity index (χ2n) is 10.9. The number of halogens is 16. The number of esters is 1. The van der Waals surface area contributed by atoms with E-state index in [2.05, 4.69) is 11.7 Å². The number of benzene rings is 1. The van der Waals surface area contributed by atoms with Crippen molar-refractivity contribution in [1.82, 2.24) is 0 Å². The Kier molecular flexibility index (Phi) is 11.5. The molecule has 0 radical (unpaired) electrons. The van der Waals surface area contributed by atoms with E-state index in [0.29, 0.717) is 11.5 Å². The van der Waals surface area contributed by atoms with Gasteiger partial charge in [0, 0.05) is 0 Å². The summed E-state index contributed by atoms with van der Waals surface area (Å²) in [6, 6.07) is 4.68. The first kappa shape index (κ1) is 38.8. The summed E-state index contributed by atoms with van der Waals surface area (Å²) in [7, 11) is 0. The third-order valence-electron chi connectivity index (χ3n) is 7.79. The normalized spacial score (nSPS) is 19.6. The van der Waals surface area contributed by atoms with Crippen LogP contribution in [0, 0.1) is 5.92 Å². The highest BCUT2D eigenvalue weighted by Crippen LogP contribution is 2.62. The van der Waals surface area contributed by atoms with Crippen molar-refractivity contribution in [1.29, 1.82) is 0 Å². The first-order valence-corrected chi connectivity index (χ1v) is 13.5. The van der Waals surface area contributed by atoms with Crippen LogP contribution in [0.1, 0.15) is 80.1 Å². The Labute approximate surface area is 246 Å². The Morgan fingerprint density at radius 3 is 1.64 bits per heavy atom. The van der Waals surface area contributed by atoms with Crippen LogP contribution < -0.4 is 0 Å². The lowest BCUT2D eigenvalue weighted by atomic mass is 9.77. The Bertz CT molecular complexity index is 1130. The molecule has 0 spiro atoms. The molecular weight excluding hydrogens is 660 g/mol. The number of carbonyl (C=O) groups is 1. The van der Waals surface area contributed by atoms with Gasteiger partial charge in [0.15, 0.2) is 6.61 Å². The van der Waals surface area contributed by atoms with Crippen molar-refractivity contribution in [2.45, 2.75) is 112 Å². The van der Waals surface area contributed by atoms with Gasteiger partial charge in [-0.15, -0.1) is 0 Å². The van der Waals surface area contributed by atoms with E-state index >= 15 is 0 Å². The highest BCUT2D eigenvalue weighted by atomic mass is 19.4. The van der Waals surface area contributed by atoms with Crippen LogP contribution in [0.5, 0.6) is 0 Å². The standard InChI is InChI=1S/C27H28F16O2/c1-2-3-4-5-15-6-8-16(9-7-15)17-10-12-18(13-11-17)19(44)45-14-21(30,31)23(34,35)25(38,39)27(42,43)26(40,41)24(36,37)22(32,33)20(28)29/h10-13,15-16,20H,2-9,14H2,1H3. The van der Waals surface area contributed by atoms with Gasteiger partial charge in [0.25, 0.3) is 0 Å². The van der Waals surface area contributed by atoms with Crippen molar-refractivity contribution >= 4 is 5.97 Å². The lowest BCUT2D eigenvalue weighted by molar-refractivity contribution is -0.447. The molecule has 0 aromatic heterocycles. The molecule has 260 valence electrons. The molecule has 1 aliphatic rings. The third kappa shape index (κ3) is 6.98. The van der Waals surface area contributed by atoms with Crippen LogP contribution in [0.4, 0.5) is 70.2 Å². The van der Waals surface area contributed by atoms with Crippen molar-refractivity contribution in [3.63, 3.8) is 0 Å². The smallest absolute Gasteiger partial charge is 0.385 e. The zero-order chi connectivity index (χ0) is 34.9. The molecule has 0 unspecified atom stereocenters. The molecule has 0 amide bonds. The summed E-state index contributed by atoms with van der Waals surface area (Å²) in [6.07, 6.45) is 1.84. The minimum absolute atomic E-state index is 0.0515. The second-order valence-corrected chi connectivity index (χ2v) is 10.9. The van der Waals surface area contributed by atoms with Crippen molar-refractivity contribution < 1.29 is 79.8 Å². The average molecular weight is 688 g/mol. The zero-order valence-corrected chi connectivity index (χ0v) is 23.3. The summed E-state index contributed by atoms with van der Waals surface area (Å²) < 4.78 is 219. The van der Waals surface area contributed by atoms with Gasteiger partial charge in [0.05, 0.1) is 5.56 Å². The molecule has 1 aromatic rings. The van der Waals surface area contributed by atoms with Crippen molar-refractivity contribution in [2.75, 3.05) is 6.61 Å². The molecular formula is C27H28F16O2. The van der Waals surface area contributed by atoms with E-state index in [9.17, 15) is 75.0 Å². The van der Waals surface area contributed by atoms with Gasteiger partial charge in [0.2, 0.25) is 0 Å². The Morgan fingerprint density at radius 2 is 1.18 bits per heavy atom. The lowest BCUT2D eigenvalue weighted by Crippen LogP contribution is -2.74. The van der Waals surface area contributed by atoms with E-state index in [1.54, 1.807) is 0 Å². The fourth-order valence-corrected chi connectivity index (χ4v) is 4.86. The molecule has 2 rings (SSSR count). The van der Waals surface area contributed by atoms with Gasteiger partial charge in [-0.05, 0) is 55.2 Å². The molecule has 1 saturated carbocycles. The maximum Gasteiger partial charge on any atom is 0.385 e. The topological polar surface area (TPSA) is 26.3 Å². The quantitative estimate of drug-likeness (QED) is 0.104. The predicted molar refractivity (Wildman–Crippen MR) is 126 cm³/mol. The molecule has 0 N–H and O–H groups in total. The van der Waals surface area contributed by atoms with Crippen LogP contribution in [-0.2, 0) is 4.74 Å². The number of ether oxygens (including phenoxy) is 1. The predicted octanol–water partition coefficient (Wildman–Crippen LogP) is 10.4. The Hall–Kier alpha value is -2.43. The minimum Gasteiger partial charge on any atom is -0.455 e. The van der Waals surface area contributed by atoms with Gasteiger partial charge in [-0.2, -0.15) is 61.5 Å². The summed E-state index contributed by atoms with van der Waals surface area (Å²) in [5, 5.41) is 0. The van der Waals surface area contributed by atoms with E-state index < -0.39 is 66.0 Å². The number of rotatable bonds is 15. The molecule has 1 fully saturated rings. The van der Waals surface area contributed by atoms with Crippen LogP contribution in [0.2, 0.25) is 0 Å². The van der Waals surface area contributed by atoms with Crippen molar-refractivity contribution in [3.8, 4) is 0 Å². The zero-order valence-electron chi connectivity index (χ0n) is 23.3. The molecule has 0 heterocycles. The highest BCUT2D eigenvalue weighted by molar-refractivity contribution is 5.89. The van der Waals surface area contributed by atoms with Gasteiger partial charge in [-0.25, -0.2) is 13.6 Å². The molecule has 0 bridgehead atoms. The van der Waals surface area contributed by atoms with E-state index in [-0.39, 0.29) is 5.92 Å². The summed E-state index contributed by atoms with van der Waals surface area (Å²) in [6.45, 7) is -1.13. The number of unbranched alkanes of at least 4 members (excludes halogenated alkanes) is 2. The molecule has 45 heavy (non-hydrogen) atoms. The second kappa shape index (κ2) is 13.4. The van der Waals surface area contributed by atoms with Crippen LogP contribution in [0.3, 0.4) is 0 Å². The maximum absolute atomic E-state index is 14.0. The SMILES string of the molecule is CCCCCC1CCC(c2ccc(C(=O)OCC(F)(F)C(F)(F)C(F)(F)C(F)(F)C(F)(F)C(F)(F)C(F)(F)C(F)F)cc2)CC1. The molecule has 0 saturated heterocycles. The number of carbonyl (C=O) groups excluding carboxylic acids is 1. The molecule has 1 aromatic carbocycles. The lowest BCUT2D eigenvalue weighted by Gasteiger charge is -2.42. The maximum atomic E-state index is 14.0. The van der Waals surface area contributed by atoms with Crippen LogP contribution in [0.15, 0.2) is 24.3 Å².